The third-order valence-electron chi connectivity index (χ3n) is 3.13. The fraction of sp³-hybridized carbons (Fsp3) is 0.250. The van der Waals surface area contributed by atoms with Crippen LogP contribution in [-0.2, 0) is 19.1 Å². The summed E-state index contributed by atoms with van der Waals surface area (Å²) in [6.45, 7) is 0.565. The first-order valence-corrected chi connectivity index (χ1v) is 6.59. The Kier molecular flexibility index (Phi) is 4.85. The molecule has 2 aromatic rings. The molecule has 0 amide bonds. The summed E-state index contributed by atoms with van der Waals surface area (Å²) < 4.78 is 37.3. The zero-order chi connectivity index (χ0) is 15.3. The molecule has 0 fully saturated rings. The van der Waals surface area contributed by atoms with Gasteiger partial charge in [0.05, 0.1) is 5.56 Å². The number of benzene rings is 2. The van der Waals surface area contributed by atoms with Crippen molar-refractivity contribution in [2.45, 2.75) is 19.1 Å². The lowest BCUT2D eigenvalue weighted by molar-refractivity contribution is -0.137. The van der Waals surface area contributed by atoms with Crippen molar-refractivity contribution < 1.29 is 18.3 Å². The maximum atomic E-state index is 12.4. The average molecular weight is 295 g/mol. The molecule has 21 heavy (non-hydrogen) atoms. The van der Waals surface area contributed by atoms with Gasteiger partial charge in [-0.15, -0.1) is 0 Å². The van der Waals surface area contributed by atoms with Gasteiger partial charge in [-0.25, -0.2) is 0 Å². The van der Waals surface area contributed by atoms with Crippen molar-refractivity contribution in [2.24, 2.45) is 0 Å². The van der Waals surface area contributed by atoms with Gasteiger partial charge in [0.2, 0.25) is 0 Å². The molecular formula is C16H16F3NO. The van der Waals surface area contributed by atoms with E-state index in [-0.39, 0.29) is 6.61 Å². The van der Waals surface area contributed by atoms with Gasteiger partial charge in [-0.3, -0.25) is 0 Å². The second kappa shape index (κ2) is 6.63. The Labute approximate surface area is 121 Å². The highest BCUT2D eigenvalue weighted by Gasteiger charge is 2.29. The second-order valence-electron chi connectivity index (χ2n) is 4.72. The highest BCUT2D eigenvalue weighted by molar-refractivity contribution is 5.45. The number of anilines is 1. The molecule has 0 aromatic heterocycles. The van der Waals surface area contributed by atoms with Crippen LogP contribution in [0.15, 0.2) is 48.5 Å². The minimum atomic E-state index is -4.30. The number of hydrogen-bond acceptors (Lipinski definition) is 2. The smallest absolute Gasteiger partial charge is 0.396 e. The SMILES string of the molecule is OCCc1ccc(NCc2ccc(C(F)(F)F)cc2)cc1. The van der Waals surface area contributed by atoms with Crippen molar-refractivity contribution >= 4 is 5.69 Å². The van der Waals surface area contributed by atoms with Gasteiger partial charge in [-0.2, -0.15) is 13.2 Å². The van der Waals surface area contributed by atoms with Gasteiger partial charge in [0.1, 0.15) is 0 Å². The highest BCUT2D eigenvalue weighted by atomic mass is 19.4. The molecule has 0 aliphatic carbocycles. The summed E-state index contributed by atoms with van der Waals surface area (Å²) in [5.41, 5.74) is 2.07. The first kappa shape index (κ1) is 15.4. The number of halogens is 3. The molecule has 0 saturated heterocycles. The summed E-state index contributed by atoms with van der Waals surface area (Å²) >= 11 is 0. The molecule has 2 nitrogen and oxygen atoms in total. The standard InChI is InChI=1S/C16H16F3NO/c17-16(18,19)14-5-1-13(2-6-14)11-20-15-7-3-12(4-8-15)9-10-21/h1-8,20-21H,9-11H2. The van der Waals surface area contributed by atoms with Gasteiger partial charge >= 0.3 is 6.18 Å². The third-order valence-corrected chi connectivity index (χ3v) is 3.13. The van der Waals surface area contributed by atoms with E-state index >= 15 is 0 Å². The van der Waals surface area contributed by atoms with Gasteiger partial charge in [-0.1, -0.05) is 24.3 Å². The predicted octanol–water partition coefficient (Wildman–Crippen LogP) is 3.85. The van der Waals surface area contributed by atoms with E-state index in [1.165, 1.54) is 12.1 Å². The fourth-order valence-electron chi connectivity index (χ4n) is 1.93. The van der Waals surface area contributed by atoms with Crippen LogP contribution >= 0.6 is 0 Å². The molecule has 0 spiro atoms. The van der Waals surface area contributed by atoms with Crippen molar-refractivity contribution in [2.75, 3.05) is 11.9 Å². The monoisotopic (exact) mass is 295 g/mol. The van der Waals surface area contributed by atoms with Crippen molar-refractivity contribution in [3.05, 3.63) is 65.2 Å². The number of nitrogens with one attached hydrogen (secondary N) is 1. The molecule has 5 heteroatoms. The summed E-state index contributed by atoms with van der Waals surface area (Å²) in [5.74, 6) is 0. The second-order valence-corrected chi connectivity index (χ2v) is 4.72. The van der Waals surface area contributed by atoms with Crippen molar-refractivity contribution in [3.63, 3.8) is 0 Å². The number of aliphatic hydroxyl groups is 1. The molecule has 0 unspecified atom stereocenters. The molecular weight excluding hydrogens is 279 g/mol. The molecule has 2 N–H and O–H groups in total. The predicted molar refractivity (Wildman–Crippen MR) is 76.0 cm³/mol. The van der Waals surface area contributed by atoms with Crippen LogP contribution in [0.2, 0.25) is 0 Å². The van der Waals surface area contributed by atoms with Crippen LogP contribution in [0.25, 0.3) is 0 Å². The minimum Gasteiger partial charge on any atom is -0.396 e. The minimum absolute atomic E-state index is 0.109. The van der Waals surface area contributed by atoms with Crippen LogP contribution in [-0.4, -0.2) is 11.7 Å². The molecule has 0 aliphatic heterocycles. The lowest BCUT2D eigenvalue weighted by Gasteiger charge is -2.09. The summed E-state index contributed by atoms with van der Waals surface area (Å²) in [4.78, 5) is 0. The molecule has 0 radical (unpaired) electrons. The Morgan fingerprint density at radius 2 is 1.43 bits per heavy atom. The van der Waals surface area contributed by atoms with Crippen molar-refractivity contribution in [1.29, 1.82) is 0 Å². The molecule has 112 valence electrons. The third kappa shape index (κ3) is 4.49. The number of alkyl halides is 3. The molecule has 0 aliphatic rings. The van der Waals surface area contributed by atoms with E-state index in [4.69, 9.17) is 5.11 Å². The Morgan fingerprint density at radius 3 is 1.95 bits per heavy atom. The van der Waals surface area contributed by atoms with Crippen LogP contribution in [0.1, 0.15) is 16.7 Å². The van der Waals surface area contributed by atoms with Crippen LogP contribution < -0.4 is 5.32 Å². The largest absolute Gasteiger partial charge is 0.416 e. The topological polar surface area (TPSA) is 32.3 Å². The van der Waals surface area contributed by atoms with E-state index in [0.717, 1.165) is 28.9 Å². The van der Waals surface area contributed by atoms with Gasteiger partial charge in [0.15, 0.2) is 0 Å². The first-order valence-electron chi connectivity index (χ1n) is 6.59. The van der Waals surface area contributed by atoms with Crippen molar-refractivity contribution in [1.82, 2.24) is 0 Å². The molecule has 2 rings (SSSR count). The van der Waals surface area contributed by atoms with E-state index < -0.39 is 11.7 Å². The lowest BCUT2D eigenvalue weighted by atomic mass is 10.1. The van der Waals surface area contributed by atoms with Crippen molar-refractivity contribution in [3.8, 4) is 0 Å². The van der Waals surface area contributed by atoms with Gasteiger partial charge in [-0.05, 0) is 41.8 Å². The highest BCUT2D eigenvalue weighted by Crippen LogP contribution is 2.29. The van der Waals surface area contributed by atoms with E-state index in [1.54, 1.807) is 0 Å². The summed E-state index contributed by atoms with van der Waals surface area (Å²) in [7, 11) is 0. The summed E-state index contributed by atoms with van der Waals surface area (Å²) in [6.07, 6.45) is -3.69. The molecule has 0 atom stereocenters. The van der Waals surface area contributed by atoms with Crippen LogP contribution in [0.4, 0.5) is 18.9 Å². The first-order chi connectivity index (χ1) is 9.99. The average Bonchev–Trinajstić information content (AvgIpc) is 2.46. The zero-order valence-corrected chi connectivity index (χ0v) is 11.3. The molecule has 0 bridgehead atoms. The Balaban J connectivity index is 1.93. The molecule has 0 heterocycles. The van der Waals surface area contributed by atoms with Crippen LogP contribution in [0.3, 0.4) is 0 Å². The molecule has 2 aromatic carbocycles. The normalized spacial score (nSPS) is 11.4. The maximum absolute atomic E-state index is 12.4. The Bertz CT molecular complexity index is 562. The number of rotatable bonds is 5. The Hall–Kier alpha value is -2.01. The van der Waals surface area contributed by atoms with E-state index in [2.05, 4.69) is 5.32 Å². The summed E-state index contributed by atoms with van der Waals surface area (Å²) in [5, 5.41) is 12.0. The molecule has 0 saturated carbocycles. The van der Waals surface area contributed by atoms with E-state index in [1.807, 2.05) is 24.3 Å². The van der Waals surface area contributed by atoms with Gasteiger partial charge in [0.25, 0.3) is 0 Å². The summed E-state index contributed by atoms with van der Waals surface area (Å²) in [6, 6.07) is 12.7. The fourth-order valence-corrected chi connectivity index (χ4v) is 1.93. The van der Waals surface area contributed by atoms with E-state index in [0.29, 0.717) is 13.0 Å². The lowest BCUT2D eigenvalue weighted by Crippen LogP contribution is -2.05. The van der Waals surface area contributed by atoms with Crippen LogP contribution in [0.5, 0.6) is 0 Å². The number of aliphatic hydroxyl groups excluding tert-OH is 1. The van der Waals surface area contributed by atoms with Gasteiger partial charge in [0, 0.05) is 18.8 Å². The van der Waals surface area contributed by atoms with E-state index in [9.17, 15) is 13.2 Å². The maximum Gasteiger partial charge on any atom is 0.416 e. The number of hydrogen-bond donors (Lipinski definition) is 2. The zero-order valence-electron chi connectivity index (χ0n) is 11.3. The Morgan fingerprint density at radius 1 is 0.857 bits per heavy atom. The van der Waals surface area contributed by atoms with Crippen LogP contribution in [0, 0.1) is 0 Å². The quantitative estimate of drug-likeness (QED) is 0.878. The van der Waals surface area contributed by atoms with Gasteiger partial charge < -0.3 is 10.4 Å².